The number of aromatic nitrogens is 2. The molecule has 2 heterocycles. The van der Waals surface area contributed by atoms with Crippen LogP contribution >= 0.6 is 22.6 Å². The van der Waals surface area contributed by atoms with E-state index in [1.807, 2.05) is 182 Å². The van der Waals surface area contributed by atoms with Gasteiger partial charge in [0.15, 0.2) is 6.23 Å². The topological polar surface area (TPSA) is 82.6 Å². The van der Waals surface area contributed by atoms with Crippen LogP contribution in [0.15, 0.2) is 198 Å². The number of hydrogen-bond donors (Lipinski definition) is 1. The van der Waals surface area contributed by atoms with E-state index >= 15 is 4.39 Å². The molecule has 1 aliphatic rings. The van der Waals surface area contributed by atoms with Gasteiger partial charge in [0.1, 0.15) is 17.3 Å². The van der Waals surface area contributed by atoms with Gasteiger partial charge in [-0.2, -0.15) is 4.39 Å². The van der Waals surface area contributed by atoms with Gasteiger partial charge in [0, 0.05) is 0 Å². The lowest BCUT2D eigenvalue weighted by Crippen LogP contribution is -2.44. The van der Waals surface area contributed by atoms with Gasteiger partial charge in [-0.05, 0) is 33.4 Å². The normalized spacial score (nSPS) is 18.5. The van der Waals surface area contributed by atoms with Crippen molar-refractivity contribution in [2.75, 3.05) is 6.61 Å². The number of benzene rings is 6. The Bertz CT molecular complexity index is 2280. The van der Waals surface area contributed by atoms with Crippen LogP contribution in [0.4, 0.5) is 4.39 Å². The van der Waals surface area contributed by atoms with E-state index in [0.717, 1.165) is 44.1 Å². The average Bonchev–Trinajstić information content (AvgIpc) is 3.56. The maximum Gasteiger partial charge on any atom is 0.330 e. The van der Waals surface area contributed by atoms with Gasteiger partial charge >= 0.3 is 5.69 Å². The number of ether oxygens (including phenoxy) is 3. The third kappa shape index (κ3) is 6.96. The van der Waals surface area contributed by atoms with Crippen LogP contribution in [-0.2, 0) is 25.4 Å². The van der Waals surface area contributed by atoms with Crippen molar-refractivity contribution in [2.45, 2.75) is 33.6 Å². The summed E-state index contributed by atoms with van der Waals surface area (Å²) in [5.74, 6) is -1.12. The molecule has 0 radical (unpaired) electrons. The molecule has 0 saturated carbocycles. The Morgan fingerprint density at radius 3 is 1.32 bits per heavy atom. The molecule has 1 aliphatic heterocycles. The molecule has 1 saturated heterocycles. The zero-order valence-corrected chi connectivity index (χ0v) is 32.3. The van der Waals surface area contributed by atoms with Crippen molar-refractivity contribution < 1.29 is 18.6 Å². The third-order valence-corrected chi connectivity index (χ3v) is 11.8. The van der Waals surface area contributed by atoms with E-state index in [9.17, 15) is 9.59 Å². The highest BCUT2D eigenvalue weighted by Crippen LogP contribution is 2.48. The Morgan fingerprint density at radius 2 is 0.946 bits per heavy atom. The highest BCUT2D eigenvalue weighted by molar-refractivity contribution is 14.1. The number of halogens is 2. The second-order valence-electron chi connectivity index (χ2n) is 13.6. The standard InChI is InChI=1S/C47H38FIN2O5/c48-39-31-51(45(53)50-43(39)52)44-42(56-47(36-25-13-4-14-26-36,37-27-15-5-16-28-37)38-29-17-6-18-30-38)41(49)40(55-44)32-54-46(33-19-7-1-8-20-33,34-21-9-2-10-22-34)35-23-11-3-12-24-35/h1-31,40-42,44H,32H2,(H,50,52,53)/t40-,41-,42-,44-/m1/s1. The summed E-state index contributed by atoms with van der Waals surface area (Å²) >= 11 is 2.31. The molecular formula is C47H38FIN2O5. The average molecular weight is 857 g/mol. The largest absolute Gasteiger partial charge is 0.358 e. The maximum atomic E-state index is 15.1. The molecule has 8 rings (SSSR count). The highest BCUT2D eigenvalue weighted by atomic mass is 127. The van der Waals surface area contributed by atoms with Crippen LogP contribution in [0.3, 0.4) is 0 Å². The predicted octanol–water partition coefficient (Wildman–Crippen LogP) is 8.76. The minimum atomic E-state index is -1.21. The Labute approximate surface area is 337 Å². The van der Waals surface area contributed by atoms with E-state index in [1.54, 1.807) is 0 Å². The lowest BCUT2D eigenvalue weighted by Gasteiger charge is -2.40. The first-order valence-electron chi connectivity index (χ1n) is 18.4. The molecule has 280 valence electrons. The summed E-state index contributed by atoms with van der Waals surface area (Å²) in [6.45, 7) is 0.0538. The molecule has 1 fully saturated rings. The van der Waals surface area contributed by atoms with Gasteiger partial charge in [-0.3, -0.25) is 14.3 Å². The molecule has 4 atom stereocenters. The van der Waals surface area contributed by atoms with E-state index in [0.29, 0.717) is 0 Å². The van der Waals surface area contributed by atoms with Gasteiger partial charge in [-0.1, -0.05) is 205 Å². The number of alkyl halides is 1. The predicted molar refractivity (Wildman–Crippen MR) is 222 cm³/mol. The van der Waals surface area contributed by atoms with Gasteiger partial charge in [0.2, 0.25) is 5.82 Å². The molecule has 6 aromatic carbocycles. The summed E-state index contributed by atoms with van der Waals surface area (Å²) in [7, 11) is 0. The number of nitrogens with one attached hydrogen (secondary N) is 1. The zero-order valence-electron chi connectivity index (χ0n) is 30.2. The molecule has 0 amide bonds. The Morgan fingerprint density at radius 1 is 0.589 bits per heavy atom. The smallest absolute Gasteiger partial charge is 0.330 e. The van der Waals surface area contributed by atoms with E-state index < -0.39 is 50.6 Å². The quantitative estimate of drug-likeness (QED) is 0.0756. The van der Waals surface area contributed by atoms with Crippen LogP contribution in [0.5, 0.6) is 0 Å². The highest BCUT2D eigenvalue weighted by Gasteiger charge is 2.52. The van der Waals surface area contributed by atoms with Crippen molar-refractivity contribution >= 4 is 22.6 Å². The van der Waals surface area contributed by atoms with Crippen LogP contribution in [0.25, 0.3) is 0 Å². The fourth-order valence-corrected chi connectivity index (χ4v) is 8.61. The molecule has 0 aliphatic carbocycles. The molecule has 7 nitrogen and oxygen atoms in total. The summed E-state index contributed by atoms with van der Waals surface area (Å²) in [6.07, 6.45) is -1.83. The molecule has 0 bridgehead atoms. The molecule has 0 unspecified atom stereocenters. The summed E-state index contributed by atoms with van der Waals surface area (Å²) in [4.78, 5) is 28.0. The number of rotatable bonds is 12. The lowest BCUT2D eigenvalue weighted by molar-refractivity contribution is -0.119. The first-order chi connectivity index (χ1) is 27.4. The van der Waals surface area contributed by atoms with Gasteiger partial charge in [-0.15, -0.1) is 0 Å². The monoisotopic (exact) mass is 856 g/mol. The van der Waals surface area contributed by atoms with E-state index in [-0.39, 0.29) is 6.61 Å². The Balaban J connectivity index is 1.27. The molecule has 0 spiro atoms. The van der Waals surface area contributed by atoms with Gasteiger partial charge in [0.25, 0.3) is 5.56 Å². The van der Waals surface area contributed by atoms with E-state index in [1.165, 1.54) is 0 Å². The van der Waals surface area contributed by atoms with Crippen LogP contribution in [0, 0.1) is 5.82 Å². The molecule has 9 heteroatoms. The molecule has 1 aromatic heterocycles. The maximum absolute atomic E-state index is 15.1. The van der Waals surface area contributed by atoms with Crippen molar-refractivity contribution in [1.82, 2.24) is 9.55 Å². The van der Waals surface area contributed by atoms with Crippen LogP contribution < -0.4 is 11.2 Å². The first kappa shape index (κ1) is 37.5. The van der Waals surface area contributed by atoms with Crippen LogP contribution in [-0.4, -0.2) is 32.3 Å². The molecule has 1 N–H and O–H groups in total. The van der Waals surface area contributed by atoms with Gasteiger partial charge in [0.05, 0.1) is 22.8 Å². The molecule has 7 aromatic rings. The summed E-state index contributed by atoms with van der Waals surface area (Å²) in [5, 5.41) is 0. The SMILES string of the molecule is O=c1[nH]c(=O)n([C@@H]2O[C@H](COC(c3ccccc3)(c3ccccc3)c3ccccc3)[C@@H](I)[C@H]2OC(c2ccccc2)(c2ccccc2)c2ccccc2)cc1F. The minimum absolute atomic E-state index is 0.0538. The first-order valence-corrected chi connectivity index (χ1v) is 19.6. The Kier molecular flexibility index (Phi) is 10.9. The van der Waals surface area contributed by atoms with E-state index in [4.69, 9.17) is 14.2 Å². The zero-order chi connectivity index (χ0) is 38.5. The van der Waals surface area contributed by atoms with Crippen molar-refractivity contribution in [3.63, 3.8) is 0 Å². The Hall–Kier alpha value is -5.46. The van der Waals surface area contributed by atoms with Gasteiger partial charge in [-0.25, -0.2) is 4.79 Å². The molecule has 56 heavy (non-hydrogen) atoms. The fraction of sp³-hybridized carbons (Fsp3) is 0.149. The summed E-state index contributed by atoms with van der Waals surface area (Å²) < 4.78 is 37.3. The van der Waals surface area contributed by atoms with Crippen LogP contribution in [0.1, 0.15) is 39.6 Å². The van der Waals surface area contributed by atoms with Crippen molar-refractivity contribution in [3.8, 4) is 0 Å². The number of aromatic amines is 1. The number of nitrogens with zero attached hydrogens (tertiary/aromatic N) is 1. The van der Waals surface area contributed by atoms with Crippen molar-refractivity contribution in [3.05, 3.63) is 248 Å². The molecular weight excluding hydrogens is 818 g/mol. The van der Waals surface area contributed by atoms with Gasteiger partial charge < -0.3 is 14.2 Å². The second kappa shape index (κ2) is 16.3. The number of H-pyrrole nitrogens is 1. The lowest BCUT2D eigenvalue weighted by atomic mass is 9.79. The number of hydrogen-bond acceptors (Lipinski definition) is 5. The van der Waals surface area contributed by atoms with E-state index in [2.05, 4.69) is 27.6 Å². The van der Waals surface area contributed by atoms with Crippen molar-refractivity contribution in [1.29, 1.82) is 0 Å². The summed E-state index contributed by atoms with van der Waals surface area (Å²) in [6, 6.07) is 59.7. The summed E-state index contributed by atoms with van der Waals surface area (Å²) in [5.41, 5.74) is 1.08. The van der Waals surface area contributed by atoms with Crippen LogP contribution in [0.2, 0.25) is 0 Å². The minimum Gasteiger partial charge on any atom is -0.358 e. The van der Waals surface area contributed by atoms with Crippen molar-refractivity contribution in [2.24, 2.45) is 0 Å². The third-order valence-electron chi connectivity index (χ3n) is 10.3. The second-order valence-corrected chi connectivity index (χ2v) is 15.0. The fourth-order valence-electron chi connectivity index (χ4n) is 7.73.